The predicted octanol–water partition coefficient (Wildman–Crippen LogP) is -0.108. The molecule has 1 aliphatic heterocycles. The Kier molecular flexibility index (Phi) is 5.26. The van der Waals surface area contributed by atoms with Crippen molar-refractivity contribution in [2.75, 3.05) is 32.7 Å². The topological polar surface area (TPSA) is 111 Å². The number of rotatable bonds is 4. The molecule has 136 valence electrons. The Morgan fingerprint density at radius 3 is 2.42 bits per heavy atom. The molecule has 1 saturated heterocycles. The van der Waals surface area contributed by atoms with Gasteiger partial charge in [-0.25, -0.2) is 0 Å². The lowest BCUT2D eigenvalue weighted by Gasteiger charge is -2.34. The number of H-pyrrole nitrogens is 1. The van der Waals surface area contributed by atoms with E-state index in [2.05, 4.69) is 20.5 Å². The number of carbonyl (C=O) groups excluding carboxylic acids is 3. The van der Waals surface area contributed by atoms with Crippen molar-refractivity contribution in [3.63, 3.8) is 0 Å². The number of piperazine rings is 1. The molecule has 0 saturated carbocycles. The van der Waals surface area contributed by atoms with Crippen LogP contribution >= 0.6 is 0 Å². The lowest BCUT2D eigenvalue weighted by Crippen LogP contribution is -2.52. The summed E-state index contributed by atoms with van der Waals surface area (Å²) in [5.74, 6) is -0.531. The van der Waals surface area contributed by atoms with E-state index >= 15 is 0 Å². The highest BCUT2D eigenvalue weighted by atomic mass is 16.2. The lowest BCUT2D eigenvalue weighted by molar-refractivity contribution is -0.133. The number of hydrogen-bond acceptors (Lipinski definition) is 5. The van der Waals surface area contributed by atoms with Crippen LogP contribution in [0, 0.1) is 0 Å². The first-order valence-corrected chi connectivity index (χ1v) is 8.32. The Bertz CT molecular complexity index is 796. The highest BCUT2D eigenvalue weighted by Crippen LogP contribution is 2.17. The Morgan fingerprint density at radius 2 is 1.77 bits per heavy atom. The van der Waals surface area contributed by atoms with E-state index in [1.54, 1.807) is 28.3 Å². The second-order valence-corrected chi connectivity index (χ2v) is 5.99. The summed E-state index contributed by atoms with van der Waals surface area (Å²) >= 11 is 0. The monoisotopic (exact) mass is 356 g/mol. The maximum Gasteiger partial charge on any atom is 0.272 e. The number of pyridine rings is 1. The molecule has 2 aromatic rings. The van der Waals surface area contributed by atoms with Gasteiger partial charge in [0.15, 0.2) is 0 Å². The van der Waals surface area contributed by atoms with Crippen molar-refractivity contribution in [2.45, 2.75) is 6.92 Å². The van der Waals surface area contributed by atoms with Gasteiger partial charge in [0.2, 0.25) is 11.8 Å². The average molecular weight is 356 g/mol. The van der Waals surface area contributed by atoms with E-state index in [-0.39, 0.29) is 24.3 Å². The quantitative estimate of drug-likeness (QED) is 0.794. The molecule has 0 bridgehead atoms. The summed E-state index contributed by atoms with van der Waals surface area (Å²) in [5, 5.41) is 9.45. The third kappa shape index (κ3) is 4.05. The molecule has 0 aliphatic carbocycles. The SMILES string of the molecule is CC(=O)NCC(=O)N1CCN(C(=O)c2cc(-c3ccncc3)n[nH]2)CC1. The maximum atomic E-state index is 12.6. The van der Waals surface area contributed by atoms with Crippen LogP contribution in [0.1, 0.15) is 17.4 Å². The van der Waals surface area contributed by atoms with Gasteiger partial charge >= 0.3 is 0 Å². The zero-order valence-electron chi connectivity index (χ0n) is 14.4. The normalized spacial score (nSPS) is 14.2. The van der Waals surface area contributed by atoms with Gasteiger partial charge in [0.05, 0.1) is 12.2 Å². The Morgan fingerprint density at radius 1 is 1.12 bits per heavy atom. The van der Waals surface area contributed by atoms with E-state index in [0.717, 1.165) is 5.56 Å². The van der Waals surface area contributed by atoms with Crippen LogP contribution in [0.5, 0.6) is 0 Å². The minimum atomic E-state index is -0.239. The molecule has 2 N–H and O–H groups in total. The summed E-state index contributed by atoms with van der Waals surface area (Å²) in [6.07, 6.45) is 3.34. The second-order valence-electron chi connectivity index (χ2n) is 5.99. The van der Waals surface area contributed by atoms with Crippen LogP contribution < -0.4 is 5.32 Å². The molecule has 1 aliphatic rings. The first-order valence-electron chi connectivity index (χ1n) is 8.32. The van der Waals surface area contributed by atoms with Crippen LogP contribution in [0.15, 0.2) is 30.6 Å². The largest absolute Gasteiger partial charge is 0.347 e. The number of nitrogens with zero attached hydrogens (tertiary/aromatic N) is 4. The van der Waals surface area contributed by atoms with Crippen LogP contribution in [-0.2, 0) is 9.59 Å². The zero-order chi connectivity index (χ0) is 18.5. The molecule has 0 atom stereocenters. The van der Waals surface area contributed by atoms with Crippen molar-refractivity contribution in [3.05, 3.63) is 36.3 Å². The van der Waals surface area contributed by atoms with Gasteiger partial charge in [-0.05, 0) is 18.2 Å². The van der Waals surface area contributed by atoms with Crippen LogP contribution in [-0.4, -0.2) is 75.4 Å². The van der Waals surface area contributed by atoms with E-state index in [4.69, 9.17) is 0 Å². The maximum absolute atomic E-state index is 12.6. The van der Waals surface area contributed by atoms with Crippen molar-refractivity contribution in [1.82, 2.24) is 30.3 Å². The lowest BCUT2D eigenvalue weighted by atomic mass is 10.2. The molecule has 3 rings (SSSR count). The minimum Gasteiger partial charge on any atom is -0.347 e. The van der Waals surface area contributed by atoms with Gasteiger partial charge in [-0.3, -0.25) is 24.5 Å². The standard InChI is InChI=1S/C17H20N6O3/c1-12(24)19-11-16(25)22-6-8-23(9-7-22)17(26)15-10-14(20-21-15)13-2-4-18-5-3-13/h2-5,10H,6-9,11H2,1H3,(H,19,24)(H,20,21). The highest BCUT2D eigenvalue weighted by molar-refractivity contribution is 5.93. The van der Waals surface area contributed by atoms with E-state index in [1.165, 1.54) is 6.92 Å². The van der Waals surface area contributed by atoms with Crippen LogP contribution in [0.3, 0.4) is 0 Å². The fourth-order valence-electron chi connectivity index (χ4n) is 2.74. The Labute approximate surface area is 150 Å². The molecule has 0 aromatic carbocycles. The molecular weight excluding hydrogens is 336 g/mol. The van der Waals surface area contributed by atoms with Gasteiger partial charge in [0.25, 0.3) is 5.91 Å². The Balaban J connectivity index is 1.56. The first-order chi connectivity index (χ1) is 12.5. The van der Waals surface area contributed by atoms with E-state index in [0.29, 0.717) is 37.6 Å². The molecule has 0 unspecified atom stereocenters. The molecule has 1 fully saturated rings. The van der Waals surface area contributed by atoms with Gasteiger partial charge in [-0.2, -0.15) is 5.10 Å². The number of nitrogens with one attached hydrogen (secondary N) is 2. The molecule has 9 heteroatoms. The molecule has 2 aromatic heterocycles. The third-order valence-corrected chi connectivity index (χ3v) is 4.19. The van der Waals surface area contributed by atoms with Crippen LogP contribution in [0.2, 0.25) is 0 Å². The zero-order valence-corrected chi connectivity index (χ0v) is 14.4. The number of aromatic amines is 1. The van der Waals surface area contributed by atoms with Gasteiger partial charge in [-0.15, -0.1) is 0 Å². The molecule has 9 nitrogen and oxygen atoms in total. The summed E-state index contributed by atoms with van der Waals surface area (Å²) in [6.45, 7) is 3.11. The molecule has 0 radical (unpaired) electrons. The molecule has 26 heavy (non-hydrogen) atoms. The summed E-state index contributed by atoms with van der Waals surface area (Å²) in [4.78, 5) is 42.8. The predicted molar refractivity (Wildman–Crippen MR) is 93.0 cm³/mol. The highest BCUT2D eigenvalue weighted by Gasteiger charge is 2.25. The van der Waals surface area contributed by atoms with Gasteiger partial charge in [0.1, 0.15) is 5.69 Å². The number of hydrogen-bond donors (Lipinski definition) is 2. The van der Waals surface area contributed by atoms with Gasteiger partial charge < -0.3 is 15.1 Å². The van der Waals surface area contributed by atoms with Crippen molar-refractivity contribution in [1.29, 1.82) is 0 Å². The van der Waals surface area contributed by atoms with Gasteiger partial charge in [0, 0.05) is 51.1 Å². The summed E-state index contributed by atoms with van der Waals surface area (Å²) in [6, 6.07) is 5.36. The van der Waals surface area contributed by atoms with Crippen LogP contribution in [0.4, 0.5) is 0 Å². The second kappa shape index (κ2) is 7.77. The number of carbonyl (C=O) groups is 3. The van der Waals surface area contributed by atoms with Crippen molar-refractivity contribution < 1.29 is 14.4 Å². The van der Waals surface area contributed by atoms with Gasteiger partial charge in [-0.1, -0.05) is 0 Å². The number of amides is 3. The van der Waals surface area contributed by atoms with E-state index in [9.17, 15) is 14.4 Å². The molecule has 3 amide bonds. The molecule has 0 spiro atoms. The first kappa shape index (κ1) is 17.6. The average Bonchev–Trinajstić information content (AvgIpc) is 3.16. The molecule has 3 heterocycles. The third-order valence-electron chi connectivity index (χ3n) is 4.19. The summed E-state index contributed by atoms with van der Waals surface area (Å²) in [7, 11) is 0. The molecular formula is C17H20N6O3. The van der Waals surface area contributed by atoms with E-state index < -0.39 is 0 Å². The Hall–Kier alpha value is -3.23. The van der Waals surface area contributed by atoms with E-state index in [1.807, 2.05) is 12.1 Å². The smallest absolute Gasteiger partial charge is 0.272 e. The van der Waals surface area contributed by atoms with Crippen LogP contribution in [0.25, 0.3) is 11.3 Å². The van der Waals surface area contributed by atoms with Crippen molar-refractivity contribution in [3.8, 4) is 11.3 Å². The summed E-state index contributed by atoms with van der Waals surface area (Å²) < 4.78 is 0. The minimum absolute atomic E-state index is 0.0148. The fraction of sp³-hybridized carbons (Fsp3) is 0.353. The number of aromatic nitrogens is 3. The summed E-state index contributed by atoms with van der Waals surface area (Å²) in [5.41, 5.74) is 1.97. The van der Waals surface area contributed by atoms with Crippen molar-refractivity contribution in [2.24, 2.45) is 0 Å². The van der Waals surface area contributed by atoms with Crippen molar-refractivity contribution >= 4 is 17.7 Å². The fourth-order valence-corrected chi connectivity index (χ4v) is 2.74.